The third kappa shape index (κ3) is 4.57. The monoisotopic (exact) mass is 431 g/mol. The van der Waals surface area contributed by atoms with Crippen LogP contribution in [0.3, 0.4) is 0 Å². The third-order valence-corrected chi connectivity index (χ3v) is 4.97. The van der Waals surface area contributed by atoms with E-state index in [0.717, 1.165) is 33.5 Å². The summed E-state index contributed by atoms with van der Waals surface area (Å²) in [6.45, 7) is 4.05. The SMILES string of the molecule is COc1cccc(C(=O)NC(=S)Nc2ccc(-c3nc4cc(C)cc(C)c4o3)cc2)c1. The minimum Gasteiger partial charge on any atom is -0.497 e. The van der Waals surface area contributed by atoms with Gasteiger partial charge >= 0.3 is 0 Å². The number of aromatic nitrogens is 1. The second-order valence-corrected chi connectivity index (χ2v) is 7.57. The largest absolute Gasteiger partial charge is 0.497 e. The summed E-state index contributed by atoms with van der Waals surface area (Å²) in [5.41, 5.74) is 5.90. The molecule has 0 bridgehead atoms. The molecule has 0 spiro atoms. The van der Waals surface area contributed by atoms with Gasteiger partial charge in [-0.3, -0.25) is 10.1 Å². The molecular weight excluding hydrogens is 410 g/mol. The maximum absolute atomic E-state index is 12.4. The molecule has 0 fully saturated rings. The van der Waals surface area contributed by atoms with Crippen molar-refractivity contribution in [2.45, 2.75) is 13.8 Å². The van der Waals surface area contributed by atoms with Gasteiger partial charge < -0.3 is 14.5 Å². The number of fused-ring (bicyclic) bond motifs is 1. The van der Waals surface area contributed by atoms with Crippen LogP contribution in [-0.2, 0) is 0 Å². The Morgan fingerprint density at radius 2 is 1.84 bits per heavy atom. The minimum atomic E-state index is -0.315. The van der Waals surface area contributed by atoms with Gasteiger partial charge in [-0.25, -0.2) is 4.98 Å². The molecule has 31 heavy (non-hydrogen) atoms. The van der Waals surface area contributed by atoms with Crippen LogP contribution in [0.15, 0.2) is 65.1 Å². The van der Waals surface area contributed by atoms with E-state index < -0.39 is 0 Å². The Balaban J connectivity index is 1.44. The number of nitrogens with one attached hydrogen (secondary N) is 2. The van der Waals surface area contributed by atoms with Crippen molar-refractivity contribution in [3.05, 3.63) is 77.4 Å². The van der Waals surface area contributed by atoms with Crippen LogP contribution in [0.5, 0.6) is 5.75 Å². The second kappa shape index (κ2) is 8.57. The Bertz CT molecular complexity index is 1280. The molecule has 2 N–H and O–H groups in total. The number of thiocarbonyl (C=S) groups is 1. The van der Waals surface area contributed by atoms with Crippen molar-refractivity contribution in [1.82, 2.24) is 10.3 Å². The second-order valence-electron chi connectivity index (χ2n) is 7.17. The van der Waals surface area contributed by atoms with E-state index >= 15 is 0 Å². The summed E-state index contributed by atoms with van der Waals surface area (Å²) in [4.78, 5) is 17.0. The van der Waals surface area contributed by atoms with Gasteiger partial charge in [-0.1, -0.05) is 12.1 Å². The van der Waals surface area contributed by atoms with Gasteiger partial charge in [0.1, 0.15) is 11.3 Å². The van der Waals surface area contributed by atoms with Crippen molar-refractivity contribution in [3.63, 3.8) is 0 Å². The van der Waals surface area contributed by atoms with Crippen LogP contribution in [0, 0.1) is 13.8 Å². The van der Waals surface area contributed by atoms with E-state index in [1.54, 1.807) is 31.4 Å². The van der Waals surface area contributed by atoms with E-state index in [1.807, 2.05) is 44.2 Å². The lowest BCUT2D eigenvalue weighted by Crippen LogP contribution is -2.34. The lowest BCUT2D eigenvalue weighted by molar-refractivity contribution is 0.0977. The summed E-state index contributed by atoms with van der Waals surface area (Å²) < 4.78 is 11.1. The summed E-state index contributed by atoms with van der Waals surface area (Å²) in [7, 11) is 1.55. The zero-order valence-corrected chi connectivity index (χ0v) is 18.2. The van der Waals surface area contributed by atoms with Gasteiger partial charge in [0.25, 0.3) is 5.91 Å². The fourth-order valence-corrected chi connectivity index (χ4v) is 3.51. The van der Waals surface area contributed by atoms with Crippen LogP contribution in [-0.4, -0.2) is 23.1 Å². The molecule has 7 heteroatoms. The highest BCUT2D eigenvalue weighted by atomic mass is 32.1. The summed E-state index contributed by atoms with van der Waals surface area (Å²) in [5, 5.41) is 5.88. The number of carbonyl (C=O) groups excluding carboxylic acids is 1. The molecule has 0 saturated carbocycles. The van der Waals surface area contributed by atoms with Gasteiger partial charge in [-0.05, 0) is 85.7 Å². The quantitative estimate of drug-likeness (QED) is 0.430. The molecule has 6 nitrogen and oxygen atoms in total. The number of amides is 1. The van der Waals surface area contributed by atoms with Crippen molar-refractivity contribution < 1.29 is 13.9 Å². The van der Waals surface area contributed by atoms with Gasteiger partial charge in [0.2, 0.25) is 5.89 Å². The smallest absolute Gasteiger partial charge is 0.257 e. The van der Waals surface area contributed by atoms with Crippen molar-refractivity contribution in [1.29, 1.82) is 0 Å². The molecule has 0 radical (unpaired) electrons. The molecule has 4 aromatic rings. The Morgan fingerprint density at radius 1 is 1.06 bits per heavy atom. The van der Waals surface area contributed by atoms with E-state index in [9.17, 15) is 4.79 Å². The van der Waals surface area contributed by atoms with Gasteiger partial charge in [0.05, 0.1) is 7.11 Å². The van der Waals surface area contributed by atoms with E-state index in [4.69, 9.17) is 21.4 Å². The highest BCUT2D eigenvalue weighted by Crippen LogP contribution is 2.28. The van der Waals surface area contributed by atoms with Crippen molar-refractivity contribution in [3.8, 4) is 17.2 Å². The highest BCUT2D eigenvalue weighted by molar-refractivity contribution is 7.80. The summed E-state index contributed by atoms with van der Waals surface area (Å²) in [6.07, 6.45) is 0. The van der Waals surface area contributed by atoms with Gasteiger partial charge in [-0.2, -0.15) is 0 Å². The zero-order valence-electron chi connectivity index (χ0n) is 17.4. The van der Waals surface area contributed by atoms with Crippen LogP contribution in [0.25, 0.3) is 22.6 Å². The number of carbonyl (C=O) groups is 1. The number of benzene rings is 3. The van der Waals surface area contributed by atoms with E-state index in [1.165, 1.54) is 0 Å². The fourth-order valence-electron chi connectivity index (χ4n) is 3.30. The molecule has 4 rings (SSSR count). The summed E-state index contributed by atoms with van der Waals surface area (Å²) in [6, 6.07) is 18.4. The number of nitrogens with zero attached hydrogens (tertiary/aromatic N) is 1. The van der Waals surface area contributed by atoms with Gasteiger partial charge in [-0.15, -0.1) is 0 Å². The van der Waals surface area contributed by atoms with Crippen LogP contribution in [0.2, 0.25) is 0 Å². The Hall–Kier alpha value is -3.71. The first-order chi connectivity index (χ1) is 14.9. The number of anilines is 1. The summed E-state index contributed by atoms with van der Waals surface area (Å²) in [5.74, 6) is 0.848. The lowest BCUT2D eigenvalue weighted by atomic mass is 10.1. The molecular formula is C24H21N3O3S. The highest BCUT2D eigenvalue weighted by Gasteiger charge is 2.12. The standard InChI is InChI=1S/C24H21N3O3S/c1-14-11-15(2)21-20(12-14)26-23(30-21)16-7-9-18(10-8-16)25-24(31)27-22(28)17-5-4-6-19(13-17)29-3/h4-13H,1-3H3,(H2,25,27,28,31). The van der Waals surface area contributed by atoms with Crippen molar-refractivity contribution in [2.24, 2.45) is 0 Å². The molecule has 0 saturated heterocycles. The average molecular weight is 432 g/mol. The average Bonchev–Trinajstić information content (AvgIpc) is 3.18. The molecule has 0 unspecified atom stereocenters. The van der Waals surface area contributed by atoms with Gasteiger partial charge in [0.15, 0.2) is 10.7 Å². The first-order valence-electron chi connectivity index (χ1n) is 9.67. The zero-order chi connectivity index (χ0) is 22.0. The molecule has 0 atom stereocenters. The molecule has 0 aliphatic rings. The predicted molar refractivity (Wildman–Crippen MR) is 126 cm³/mol. The Kier molecular flexibility index (Phi) is 5.68. The van der Waals surface area contributed by atoms with Crippen LogP contribution in [0.1, 0.15) is 21.5 Å². The van der Waals surface area contributed by atoms with Crippen molar-refractivity contribution in [2.75, 3.05) is 12.4 Å². The van der Waals surface area contributed by atoms with E-state index in [0.29, 0.717) is 17.2 Å². The van der Waals surface area contributed by atoms with Gasteiger partial charge in [0, 0.05) is 16.8 Å². The number of oxazole rings is 1. The number of methoxy groups -OCH3 is 1. The number of hydrogen-bond donors (Lipinski definition) is 2. The third-order valence-electron chi connectivity index (χ3n) is 4.77. The van der Waals surface area contributed by atoms with Crippen LogP contribution < -0.4 is 15.4 Å². The van der Waals surface area contributed by atoms with Crippen molar-refractivity contribution >= 4 is 40.0 Å². The molecule has 1 amide bonds. The van der Waals surface area contributed by atoms with E-state index in [2.05, 4.69) is 21.7 Å². The normalized spacial score (nSPS) is 10.7. The number of aryl methyl sites for hydroxylation is 2. The maximum atomic E-state index is 12.4. The predicted octanol–water partition coefficient (Wildman–Crippen LogP) is 5.25. The molecule has 1 aromatic heterocycles. The number of hydrogen-bond acceptors (Lipinski definition) is 5. The van der Waals surface area contributed by atoms with E-state index in [-0.39, 0.29) is 11.0 Å². The number of ether oxygens (including phenoxy) is 1. The fraction of sp³-hybridized carbons (Fsp3) is 0.125. The molecule has 1 heterocycles. The minimum absolute atomic E-state index is 0.202. The molecule has 0 aliphatic heterocycles. The van der Waals surface area contributed by atoms with Crippen LogP contribution in [0.4, 0.5) is 5.69 Å². The number of rotatable bonds is 4. The Labute approximate surface area is 185 Å². The maximum Gasteiger partial charge on any atom is 0.257 e. The Morgan fingerprint density at radius 3 is 2.58 bits per heavy atom. The topological polar surface area (TPSA) is 76.4 Å². The summed E-state index contributed by atoms with van der Waals surface area (Å²) >= 11 is 5.26. The first-order valence-corrected chi connectivity index (χ1v) is 10.1. The first kappa shape index (κ1) is 20.6. The lowest BCUT2D eigenvalue weighted by Gasteiger charge is -2.10. The molecule has 0 aliphatic carbocycles. The molecule has 3 aromatic carbocycles. The van der Waals surface area contributed by atoms with Crippen LogP contribution >= 0.6 is 12.2 Å². The molecule has 156 valence electrons.